The number of hydrogen-bond donors (Lipinski definition) is 1. The zero-order chi connectivity index (χ0) is 19.8. The summed E-state index contributed by atoms with van der Waals surface area (Å²) >= 11 is 3.15. The second-order valence-corrected chi connectivity index (χ2v) is 9.26. The van der Waals surface area contributed by atoms with Gasteiger partial charge in [-0.2, -0.15) is 0 Å². The van der Waals surface area contributed by atoms with Crippen LogP contribution in [0, 0.1) is 11.7 Å². The van der Waals surface area contributed by atoms with Crippen LogP contribution in [0.4, 0.5) is 10.2 Å². The molecule has 148 valence electrons. The number of rotatable bonds is 4. The van der Waals surface area contributed by atoms with Crippen LogP contribution < -0.4 is 10.2 Å². The van der Waals surface area contributed by atoms with Crippen LogP contribution in [0.5, 0.6) is 0 Å². The number of nitrogens with one attached hydrogen (secondary N) is 1. The molecule has 5 nitrogen and oxygen atoms in total. The molecule has 4 heterocycles. The van der Waals surface area contributed by atoms with Gasteiger partial charge in [0.1, 0.15) is 18.0 Å². The Balaban J connectivity index is 1.40. The standard InChI is InChI=1S/C21H19FN4OS2/c22-15-6-1-7-16-17(15)18-19(29-16)20(25-12-24-18)26-8-2-4-13(11-26)21(27)23-10-14-5-3-9-28-14/h1,3,5-7,9,12-13H,2,4,8,10-11H2,(H,23,27). The molecule has 29 heavy (non-hydrogen) atoms. The quantitative estimate of drug-likeness (QED) is 0.519. The molecule has 0 bridgehead atoms. The molecule has 1 unspecified atom stereocenters. The number of carbonyl (C=O) groups is 1. The van der Waals surface area contributed by atoms with E-state index in [1.807, 2.05) is 23.6 Å². The Kier molecular flexibility index (Phi) is 4.89. The number of piperidine rings is 1. The summed E-state index contributed by atoms with van der Waals surface area (Å²) in [5, 5.41) is 5.62. The number of amides is 1. The van der Waals surface area contributed by atoms with Crippen LogP contribution >= 0.6 is 22.7 Å². The van der Waals surface area contributed by atoms with Gasteiger partial charge in [0.05, 0.1) is 28.1 Å². The highest BCUT2D eigenvalue weighted by Crippen LogP contribution is 2.39. The van der Waals surface area contributed by atoms with Crippen molar-refractivity contribution in [3.8, 4) is 0 Å². The highest BCUT2D eigenvalue weighted by Gasteiger charge is 2.28. The number of halogens is 1. The maximum Gasteiger partial charge on any atom is 0.225 e. The van der Waals surface area contributed by atoms with Gasteiger partial charge in [-0.25, -0.2) is 14.4 Å². The van der Waals surface area contributed by atoms with Crippen LogP contribution in [0.25, 0.3) is 20.3 Å². The third-order valence-electron chi connectivity index (χ3n) is 5.32. The summed E-state index contributed by atoms with van der Waals surface area (Å²) in [6, 6.07) is 9.10. The largest absolute Gasteiger partial charge is 0.355 e. The zero-order valence-electron chi connectivity index (χ0n) is 15.6. The molecule has 3 aromatic heterocycles. The van der Waals surface area contributed by atoms with Gasteiger partial charge in [0.25, 0.3) is 0 Å². The molecule has 1 aliphatic rings. The lowest BCUT2D eigenvalue weighted by Gasteiger charge is -2.33. The average molecular weight is 427 g/mol. The van der Waals surface area contributed by atoms with E-state index >= 15 is 0 Å². The lowest BCUT2D eigenvalue weighted by Crippen LogP contribution is -2.43. The number of anilines is 1. The summed E-state index contributed by atoms with van der Waals surface area (Å²) < 4.78 is 16.1. The van der Waals surface area contributed by atoms with E-state index in [0.717, 1.165) is 39.5 Å². The van der Waals surface area contributed by atoms with Crippen molar-refractivity contribution < 1.29 is 9.18 Å². The van der Waals surface area contributed by atoms with E-state index in [9.17, 15) is 9.18 Å². The van der Waals surface area contributed by atoms with Crippen LogP contribution in [0.1, 0.15) is 17.7 Å². The zero-order valence-corrected chi connectivity index (χ0v) is 17.2. The third-order valence-corrected chi connectivity index (χ3v) is 7.33. The Labute approximate surface area is 175 Å². The SMILES string of the molecule is O=C(NCc1cccs1)C1CCCN(c2ncnc3c2sc2cccc(F)c23)C1. The molecule has 1 aromatic carbocycles. The molecule has 0 spiro atoms. The minimum Gasteiger partial charge on any atom is -0.355 e. The van der Waals surface area contributed by atoms with Crippen LogP contribution in [-0.4, -0.2) is 29.0 Å². The molecule has 1 amide bonds. The number of fused-ring (bicyclic) bond motifs is 3. The first-order chi connectivity index (χ1) is 14.2. The summed E-state index contributed by atoms with van der Waals surface area (Å²) in [6.45, 7) is 2.01. The van der Waals surface area contributed by atoms with Gasteiger partial charge in [-0.3, -0.25) is 4.79 Å². The van der Waals surface area contributed by atoms with Crippen LogP contribution in [-0.2, 0) is 11.3 Å². The Hall–Kier alpha value is -2.58. The second-order valence-electron chi connectivity index (χ2n) is 7.17. The van der Waals surface area contributed by atoms with Crippen LogP contribution in [0.15, 0.2) is 42.0 Å². The fourth-order valence-corrected chi connectivity index (χ4v) is 5.74. The first-order valence-electron chi connectivity index (χ1n) is 9.57. The normalized spacial score (nSPS) is 17.1. The molecule has 8 heteroatoms. The molecule has 0 radical (unpaired) electrons. The van der Waals surface area contributed by atoms with E-state index < -0.39 is 0 Å². The Bertz CT molecular complexity index is 1170. The Morgan fingerprint density at radius 2 is 2.21 bits per heavy atom. The van der Waals surface area contributed by atoms with E-state index in [0.29, 0.717) is 24.0 Å². The van der Waals surface area contributed by atoms with Crippen LogP contribution in [0.3, 0.4) is 0 Å². The molecule has 4 aromatic rings. The van der Waals surface area contributed by atoms with Crippen molar-refractivity contribution in [1.29, 1.82) is 0 Å². The maximum atomic E-state index is 14.4. The lowest BCUT2D eigenvalue weighted by atomic mass is 9.97. The van der Waals surface area contributed by atoms with E-state index in [-0.39, 0.29) is 17.6 Å². The highest BCUT2D eigenvalue weighted by molar-refractivity contribution is 7.26. The number of benzene rings is 1. The molecule has 0 saturated carbocycles. The summed E-state index contributed by atoms with van der Waals surface area (Å²) in [7, 11) is 0. The van der Waals surface area contributed by atoms with Gasteiger partial charge >= 0.3 is 0 Å². The predicted molar refractivity (Wildman–Crippen MR) is 116 cm³/mol. The topological polar surface area (TPSA) is 58.1 Å². The van der Waals surface area contributed by atoms with Crippen molar-refractivity contribution in [3.63, 3.8) is 0 Å². The fraction of sp³-hybridized carbons (Fsp3) is 0.286. The molecular weight excluding hydrogens is 407 g/mol. The van der Waals surface area contributed by atoms with Crippen molar-refractivity contribution in [2.75, 3.05) is 18.0 Å². The summed E-state index contributed by atoms with van der Waals surface area (Å²) in [4.78, 5) is 24.9. The molecule has 1 aliphatic heterocycles. The summed E-state index contributed by atoms with van der Waals surface area (Å²) in [6.07, 6.45) is 3.28. The molecule has 1 N–H and O–H groups in total. The number of thiophene rings is 2. The smallest absolute Gasteiger partial charge is 0.225 e. The molecular formula is C21H19FN4OS2. The van der Waals surface area contributed by atoms with Gasteiger partial charge in [0, 0.05) is 22.7 Å². The Morgan fingerprint density at radius 1 is 1.28 bits per heavy atom. The number of nitrogens with zero attached hydrogens (tertiary/aromatic N) is 3. The van der Waals surface area contributed by atoms with Gasteiger partial charge in [-0.05, 0) is 36.4 Å². The molecule has 5 rings (SSSR count). The van der Waals surface area contributed by atoms with Gasteiger partial charge in [-0.15, -0.1) is 22.7 Å². The van der Waals surface area contributed by atoms with Crippen LogP contribution in [0.2, 0.25) is 0 Å². The second kappa shape index (κ2) is 7.68. The van der Waals surface area contributed by atoms with Crippen molar-refractivity contribution in [3.05, 3.63) is 52.7 Å². The van der Waals surface area contributed by atoms with Gasteiger partial charge in [-0.1, -0.05) is 12.1 Å². The van der Waals surface area contributed by atoms with E-state index in [2.05, 4.69) is 20.2 Å². The predicted octanol–water partition coefficient (Wildman–Crippen LogP) is 4.58. The average Bonchev–Trinajstić information content (AvgIpc) is 3.40. The minimum absolute atomic E-state index is 0.0794. The first-order valence-corrected chi connectivity index (χ1v) is 11.3. The highest BCUT2D eigenvalue weighted by atomic mass is 32.1. The van der Waals surface area contributed by atoms with Gasteiger partial charge < -0.3 is 10.2 Å². The monoisotopic (exact) mass is 426 g/mol. The van der Waals surface area contributed by atoms with E-state index in [1.54, 1.807) is 17.4 Å². The first kappa shape index (κ1) is 18.4. The number of carbonyl (C=O) groups excluding carboxylic acids is 1. The van der Waals surface area contributed by atoms with Crippen molar-refractivity contribution >= 4 is 54.7 Å². The maximum absolute atomic E-state index is 14.4. The third kappa shape index (κ3) is 3.47. The Morgan fingerprint density at radius 3 is 3.07 bits per heavy atom. The molecule has 1 fully saturated rings. The van der Waals surface area contributed by atoms with Gasteiger partial charge in [0.2, 0.25) is 5.91 Å². The molecule has 1 atom stereocenters. The van der Waals surface area contributed by atoms with Crippen molar-refractivity contribution in [2.45, 2.75) is 19.4 Å². The van der Waals surface area contributed by atoms with E-state index in [1.165, 1.54) is 23.7 Å². The lowest BCUT2D eigenvalue weighted by molar-refractivity contribution is -0.125. The van der Waals surface area contributed by atoms with Crippen molar-refractivity contribution in [1.82, 2.24) is 15.3 Å². The molecule has 1 saturated heterocycles. The number of aromatic nitrogens is 2. The summed E-state index contributed by atoms with van der Waals surface area (Å²) in [5.41, 5.74) is 0.650. The van der Waals surface area contributed by atoms with Crippen molar-refractivity contribution in [2.24, 2.45) is 5.92 Å². The van der Waals surface area contributed by atoms with E-state index in [4.69, 9.17) is 0 Å². The summed E-state index contributed by atoms with van der Waals surface area (Å²) in [5.74, 6) is 0.532. The van der Waals surface area contributed by atoms with Gasteiger partial charge in [0.15, 0.2) is 0 Å². The number of hydrogen-bond acceptors (Lipinski definition) is 6. The fourth-order valence-electron chi connectivity index (χ4n) is 3.91. The minimum atomic E-state index is -0.261. The molecule has 0 aliphatic carbocycles.